The Balaban J connectivity index is 1.79. The standard InChI is InChI=1S/C14H28N2O2/c1-14(2,18)11-15-7-9-16(10-8-15)12-5-3-4-6-13(12)17/h12-13,17-18H,3-11H2,1-2H3/t12-,13-/m1/s1. The van der Waals surface area contributed by atoms with Crippen molar-refractivity contribution in [2.75, 3.05) is 32.7 Å². The maximum Gasteiger partial charge on any atom is 0.0718 e. The van der Waals surface area contributed by atoms with Crippen molar-refractivity contribution in [3.8, 4) is 0 Å². The average Bonchev–Trinajstić information content (AvgIpc) is 2.29. The van der Waals surface area contributed by atoms with Gasteiger partial charge in [0.05, 0.1) is 11.7 Å². The van der Waals surface area contributed by atoms with Crippen LogP contribution in [0.3, 0.4) is 0 Å². The summed E-state index contributed by atoms with van der Waals surface area (Å²) in [6.07, 6.45) is 4.42. The summed E-state index contributed by atoms with van der Waals surface area (Å²) in [6, 6.07) is 0.378. The molecule has 2 rings (SSSR count). The molecule has 1 saturated heterocycles. The second-order valence-electron chi connectivity index (χ2n) is 6.54. The molecule has 0 aromatic rings. The highest BCUT2D eigenvalue weighted by molar-refractivity contribution is 4.87. The molecule has 4 nitrogen and oxygen atoms in total. The monoisotopic (exact) mass is 256 g/mol. The van der Waals surface area contributed by atoms with Crippen molar-refractivity contribution in [3.05, 3.63) is 0 Å². The van der Waals surface area contributed by atoms with Gasteiger partial charge in [-0.3, -0.25) is 9.80 Å². The lowest BCUT2D eigenvalue weighted by molar-refractivity contribution is -0.0226. The van der Waals surface area contributed by atoms with E-state index in [0.29, 0.717) is 6.04 Å². The molecule has 2 fully saturated rings. The Morgan fingerprint density at radius 1 is 1.06 bits per heavy atom. The van der Waals surface area contributed by atoms with Gasteiger partial charge in [-0.25, -0.2) is 0 Å². The Bertz CT molecular complexity index is 257. The number of β-amino-alcohol motifs (C(OH)–C–C–N with tert-alkyl or cyclic N) is 1. The zero-order valence-corrected chi connectivity index (χ0v) is 11.8. The molecule has 18 heavy (non-hydrogen) atoms. The number of piperazine rings is 1. The quantitative estimate of drug-likeness (QED) is 0.779. The highest BCUT2D eigenvalue weighted by Gasteiger charge is 2.31. The third kappa shape index (κ3) is 3.92. The smallest absolute Gasteiger partial charge is 0.0718 e. The Hall–Kier alpha value is -0.160. The summed E-state index contributed by atoms with van der Waals surface area (Å²) in [5, 5.41) is 19.9. The van der Waals surface area contributed by atoms with Crippen LogP contribution < -0.4 is 0 Å². The maximum absolute atomic E-state index is 10.1. The Kier molecular flexibility index (Phi) is 4.64. The molecule has 1 aliphatic heterocycles. The summed E-state index contributed by atoms with van der Waals surface area (Å²) in [6.45, 7) is 8.54. The second-order valence-corrected chi connectivity index (χ2v) is 6.54. The van der Waals surface area contributed by atoms with Gasteiger partial charge in [0.2, 0.25) is 0 Å². The van der Waals surface area contributed by atoms with E-state index in [2.05, 4.69) is 9.80 Å². The molecule has 2 atom stereocenters. The van der Waals surface area contributed by atoms with Gasteiger partial charge in [-0.1, -0.05) is 12.8 Å². The van der Waals surface area contributed by atoms with Crippen molar-refractivity contribution in [1.29, 1.82) is 0 Å². The van der Waals surface area contributed by atoms with Crippen molar-refractivity contribution in [1.82, 2.24) is 9.80 Å². The predicted octanol–water partition coefficient (Wildman–Crippen LogP) is 0.678. The van der Waals surface area contributed by atoms with E-state index in [9.17, 15) is 10.2 Å². The number of aliphatic hydroxyl groups is 2. The van der Waals surface area contributed by atoms with E-state index in [-0.39, 0.29) is 6.10 Å². The summed E-state index contributed by atoms with van der Waals surface area (Å²) >= 11 is 0. The molecule has 106 valence electrons. The molecular formula is C14H28N2O2. The van der Waals surface area contributed by atoms with Crippen molar-refractivity contribution in [3.63, 3.8) is 0 Å². The second kappa shape index (κ2) is 5.87. The normalized spacial score (nSPS) is 32.7. The van der Waals surface area contributed by atoms with E-state index in [1.54, 1.807) is 0 Å². The molecule has 1 saturated carbocycles. The number of aliphatic hydroxyl groups excluding tert-OH is 1. The Labute approximate surface area is 111 Å². The SMILES string of the molecule is CC(C)(O)CN1CCN([C@@H]2CCCC[C@H]2O)CC1. The molecule has 0 spiro atoms. The van der Waals surface area contributed by atoms with Gasteiger partial charge in [-0.2, -0.15) is 0 Å². The summed E-state index contributed by atoms with van der Waals surface area (Å²) < 4.78 is 0. The number of rotatable bonds is 3. The van der Waals surface area contributed by atoms with Crippen LogP contribution in [0.1, 0.15) is 39.5 Å². The summed E-state index contributed by atoms with van der Waals surface area (Å²) in [5.74, 6) is 0. The fraction of sp³-hybridized carbons (Fsp3) is 1.00. The number of nitrogens with zero attached hydrogens (tertiary/aromatic N) is 2. The molecule has 2 aliphatic rings. The first kappa shape index (κ1) is 14.3. The average molecular weight is 256 g/mol. The molecule has 1 aliphatic carbocycles. The highest BCUT2D eigenvalue weighted by Crippen LogP contribution is 2.24. The van der Waals surface area contributed by atoms with Gasteiger partial charge < -0.3 is 10.2 Å². The lowest BCUT2D eigenvalue weighted by Crippen LogP contribution is -2.56. The lowest BCUT2D eigenvalue weighted by atomic mass is 9.91. The molecule has 0 radical (unpaired) electrons. The first-order valence-electron chi connectivity index (χ1n) is 7.32. The summed E-state index contributed by atoms with van der Waals surface area (Å²) in [4.78, 5) is 4.77. The number of hydrogen-bond acceptors (Lipinski definition) is 4. The molecule has 0 unspecified atom stereocenters. The molecule has 0 amide bonds. The van der Waals surface area contributed by atoms with Crippen LogP contribution in [0.15, 0.2) is 0 Å². The maximum atomic E-state index is 10.1. The fourth-order valence-corrected chi connectivity index (χ4v) is 3.32. The largest absolute Gasteiger partial charge is 0.391 e. The first-order valence-corrected chi connectivity index (χ1v) is 7.32. The zero-order valence-electron chi connectivity index (χ0n) is 11.8. The topological polar surface area (TPSA) is 46.9 Å². The Morgan fingerprint density at radius 3 is 2.22 bits per heavy atom. The van der Waals surface area contributed by atoms with Gasteiger partial charge in [0.15, 0.2) is 0 Å². The third-order valence-electron chi connectivity index (χ3n) is 4.18. The zero-order chi connectivity index (χ0) is 13.2. The van der Waals surface area contributed by atoms with Crippen molar-refractivity contribution < 1.29 is 10.2 Å². The summed E-state index contributed by atoms with van der Waals surface area (Å²) in [7, 11) is 0. The molecule has 1 heterocycles. The van der Waals surface area contributed by atoms with Crippen LogP contribution in [-0.2, 0) is 0 Å². The van der Waals surface area contributed by atoms with E-state index in [1.165, 1.54) is 12.8 Å². The van der Waals surface area contributed by atoms with Gasteiger partial charge in [0, 0.05) is 38.8 Å². The summed E-state index contributed by atoms with van der Waals surface area (Å²) in [5.41, 5.74) is -0.605. The van der Waals surface area contributed by atoms with Gasteiger partial charge >= 0.3 is 0 Å². The van der Waals surface area contributed by atoms with Crippen molar-refractivity contribution >= 4 is 0 Å². The van der Waals surface area contributed by atoms with Gasteiger partial charge in [0.25, 0.3) is 0 Å². The van der Waals surface area contributed by atoms with E-state index >= 15 is 0 Å². The van der Waals surface area contributed by atoms with Gasteiger partial charge in [0.1, 0.15) is 0 Å². The molecule has 2 N–H and O–H groups in total. The minimum atomic E-state index is -0.605. The molecule has 0 aromatic heterocycles. The van der Waals surface area contributed by atoms with E-state index in [4.69, 9.17) is 0 Å². The van der Waals surface area contributed by atoms with Crippen molar-refractivity contribution in [2.45, 2.75) is 57.3 Å². The van der Waals surface area contributed by atoms with Crippen LogP contribution in [0.2, 0.25) is 0 Å². The van der Waals surface area contributed by atoms with Crippen LogP contribution in [-0.4, -0.2) is 70.5 Å². The van der Waals surface area contributed by atoms with E-state index in [1.807, 2.05) is 13.8 Å². The third-order valence-corrected chi connectivity index (χ3v) is 4.18. The minimum absolute atomic E-state index is 0.125. The molecular weight excluding hydrogens is 228 g/mol. The van der Waals surface area contributed by atoms with Crippen LogP contribution in [0, 0.1) is 0 Å². The van der Waals surface area contributed by atoms with Crippen LogP contribution in [0.5, 0.6) is 0 Å². The number of hydrogen-bond donors (Lipinski definition) is 2. The van der Waals surface area contributed by atoms with Gasteiger partial charge in [-0.05, 0) is 26.7 Å². The molecule has 0 aromatic carbocycles. The van der Waals surface area contributed by atoms with Crippen LogP contribution >= 0.6 is 0 Å². The molecule has 0 bridgehead atoms. The first-order chi connectivity index (χ1) is 8.46. The van der Waals surface area contributed by atoms with E-state index < -0.39 is 5.60 Å². The van der Waals surface area contributed by atoms with Crippen LogP contribution in [0.25, 0.3) is 0 Å². The lowest BCUT2D eigenvalue weighted by Gasteiger charge is -2.43. The van der Waals surface area contributed by atoms with Gasteiger partial charge in [-0.15, -0.1) is 0 Å². The van der Waals surface area contributed by atoms with Crippen LogP contribution in [0.4, 0.5) is 0 Å². The van der Waals surface area contributed by atoms with Crippen molar-refractivity contribution in [2.24, 2.45) is 0 Å². The molecule has 4 heteroatoms. The minimum Gasteiger partial charge on any atom is -0.391 e. The predicted molar refractivity (Wildman–Crippen MR) is 72.6 cm³/mol. The van der Waals surface area contributed by atoms with E-state index in [0.717, 1.165) is 45.6 Å². The highest BCUT2D eigenvalue weighted by atomic mass is 16.3. The Morgan fingerprint density at radius 2 is 1.67 bits per heavy atom. The fourth-order valence-electron chi connectivity index (χ4n) is 3.32.